The fraction of sp³-hybridized carbons (Fsp3) is 0.857. The molecule has 1 amide bonds. The van der Waals surface area contributed by atoms with Gasteiger partial charge in [-0.3, -0.25) is 14.4 Å². The van der Waals surface area contributed by atoms with Gasteiger partial charge in [0.1, 0.15) is 11.8 Å². The standard InChI is InChI=1S/C21H33NO5Si/c1-20(2,3)28(4,5)27-21-14-11-12-22(21)18(24)15(17(21)26-19(14)25)16(23)13-9-7-6-8-10-13/h13-15,17H,6-12H2,1-5H3/t14-,15-,17-,21+/m0/s1. The van der Waals surface area contributed by atoms with Crippen LogP contribution in [0.2, 0.25) is 18.1 Å². The van der Waals surface area contributed by atoms with Crippen LogP contribution in [0.5, 0.6) is 0 Å². The average Bonchev–Trinajstić information content (AvgIpc) is 3.18. The maximum Gasteiger partial charge on any atom is 0.314 e. The van der Waals surface area contributed by atoms with E-state index in [1.165, 1.54) is 0 Å². The lowest BCUT2D eigenvalue weighted by molar-refractivity contribution is -0.149. The van der Waals surface area contributed by atoms with Crippen molar-refractivity contribution < 1.29 is 23.5 Å². The van der Waals surface area contributed by atoms with E-state index < -0.39 is 32.0 Å². The molecule has 28 heavy (non-hydrogen) atoms. The summed E-state index contributed by atoms with van der Waals surface area (Å²) in [7, 11) is -2.31. The van der Waals surface area contributed by atoms with Crippen molar-refractivity contribution in [2.75, 3.05) is 6.54 Å². The molecule has 0 radical (unpaired) electrons. The summed E-state index contributed by atoms with van der Waals surface area (Å²) in [5, 5.41) is -0.0764. The Hall–Kier alpha value is -1.21. The van der Waals surface area contributed by atoms with Gasteiger partial charge in [-0.15, -0.1) is 0 Å². The maximum absolute atomic E-state index is 13.4. The SMILES string of the molecule is CC(C)(C)[Si](C)(C)O[C@@]12[C@H]3CCN1C(=O)[C@@H](C(=O)C1CCCCC1)[C@@H]2OC3=O. The van der Waals surface area contributed by atoms with E-state index in [-0.39, 0.29) is 28.6 Å². The highest BCUT2D eigenvalue weighted by atomic mass is 28.4. The minimum Gasteiger partial charge on any atom is -0.456 e. The fourth-order valence-electron chi connectivity index (χ4n) is 5.30. The molecule has 3 heterocycles. The lowest BCUT2D eigenvalue weighted by atomic mass is 9.79. The van der Waals surface area contributed by atoms with Gasteiger partial charge in [-0.1, -0.05) is 40.0 Å². The number of carbonyl (C=O) groups is 3. The molecule has 4 atom stereocenters. The zero-order chi connectivity index (χ0) is 20.5. The monoisotopic (exact) mass is 407 g/mol. The number of Topliss-reactive ketones (excluding diaryl/α,β-unsaturated/α-hetero) is 1. The van der Waals surface area contributed by atoms with Crippen LogP contribution in [0.15, 0.2) is 0 Å². The number of nitrogens with zero attached hydrogens (tertiary/aromatic N) is 1. The molecule has 7 heteroatoms. The number of amides is 1. The largest absolute Gasteiger partial charge is 0.456 e. The molecular weight excluding hydrogens is 374 g/mol. The molecular formula is C21H33NO5Si. The van der Waals surface area contributed by atoms with Gasteiger partial charge in [-0.25, -0.2) is 0 Å². The highest BCUT2D eigenvalue weighted by Crippen LogP contribution is 2.57. The molecule has 3 aliphatic heterocycles. The number of ether oxygens (including phenoxy) is 1. The number of hydrogen-bond acceptors (Lipinski definition) is 5. The van der Waals surface area contributed by atoms with Gasteiger partial charge in [0.2, 0.25) is 5.91 Å². The third-order valence-corrected chi connectivity index (χ3v) is 12.3. The first-order valence-electron chi connectivity index (χ1n) is 10.8. The third kappa shape index (κ3) is 2.65. The van der Waals surface area contributed by atoms with Crippen LogP contribution in [0.1, 0.15) is 59.3 Å². The average molecular weight is 408 g/mol. The molecule has 4 aliphatic rings. The Morgan fingerprint density at radius 1 is 1.14 bits per heavy atom. The van der Waals surface area contributed by atoms with Crippen molar-refractivity contribution in [2.24, 2.45) is 17.8 Å². The molecule has 0 unspecified atom stereocenters. The highest BCUT2D eigenvalue weighted by Gasteiger charge is 2.76. The van der Waals surface area contributed by atoms with E-state index in [4.69, 9.17) is 9.16 Å². The van der Waals surface area contributed by atoms with Crippen LogP contribution in [0.25, 0.3) is 0 Å². The molecule has 0 N–H and O–H groups in total. The van der Waals surface area contributed by atoms with Crippen LogP contribution >= 0.6 is 0 Å². The van der Waals surface area contributed by atoms with Crippen molar-refractivity contribution in [3.63, 3.8) is 0 Å². The number of ketones is 1. The summed E-state index contributed by atoms with van der Waals surface area (Å²) in [5.41, 5.74) is -1.08. The lowest BCUT2D eigenvalue weighted by Gasteiger charge is -2.45. The molecule has 4 fully saturated rings. The second-order valence-electron chi connectivity index (χ2n) is 10.5. The molecule has 0 aromatic carbocycles. The van der Waals surface area contributed by atoms with Gasteiger partial charge in [-0.05, 0) is 37.4 Å². The number of carbonyl (C=O) groups excluding carboxylic acids is 3. The number of rotatable bonds is 4. The summed E-state index contributed by atoms with van der Waals surface area (Å²) in [6.07, 6.45) is 4.64. The highest BCUT2D eigenvalue weighted by molar-refractivity contribution is 6.74. The predicted molar refractivity (Wildman–Crippen MR) is 106 cm³/mol. The van der Waals surface area contributed by atoms with Crippen molar-refractivity contribution in [2.45, 2.75) is 89.3 Å². The van der Waals surface area contributed by atoms with Crippen molar-refractivity contribution in [1.29, 1.82) is 0 Å². The van der Waals surface area contributed by atoms with Crippen LogP contribution in [-0.4, -0.2) is 49.3 Å². The molecule has 1 aliphatic carbocycles. The second-order valence-corrected chi connectivity index (χ2v) is 15.2. The lowest BCUT2D eigenvalue weighted by Crippen LogP contribution is -2.59. The molecule has 3 saturated heterocycles. The summed E-state index contributed by atoms with van der Waals surface area (Å²) in [5.74, 6) is -1.97. The molecule has 0 aromatic heterocycles. The smallest absolute Gasteiger partial charge is 0.314 e. The van der Waals surface area contributed by atoms with Crippen LogP contribution in [0.4, 0.5) is 0 Å². The van der Waals surface area contributed by atoms with Crippen molar-refractivity contribution in [1.82, 2.24) is 4.90 Å². The Balaban J connectivity index is 1.72. The van der Waals surface area contributed by atoms with Crippen LogP contribution < -0.4 is 0 Å². The summed E-state index contributed by atoms with van der Waals surface area (Å²) < 4.78 is 12.6. The molecule has 156 valence electrons. The molecule has 6 nitrogen and oxygen atoms in total. The van der Waals surface area contributed by atoms with Crippen molar-refractivity contribution in [3.8, 4) is 0 Å². The first-order valence-corrected chi connectivity index (χ1v) is 13.7. The Morgan fingerprint density at radius 3 is 2.39 bits per heavy atom. The van der Waals surface area contributed by atoms with Crippen LogP contribution in [0, 0.1) is 17.8 Å². The fourth-order valence-corrected chi connectivity index (χ4v) is 6.80. The van der Waals surface area contributed by atoms with E-state index in [2.05, 4.69) is 33.9 Å². The summed E-state index contributed by atoms with van der Waals surface area (Å²) in [6, 6.07) is 0. The number of esters is 1. The molecule has 0 spiro atoms. The van der Waals surface area contributed by atoms with E-state index in [0.29, 0.717) is 13.0 Å². The molecule has 0 aromatic rings. The Bertz CT molecular complexity index is 708. The normalized spacial score (nSPS) is 36.0. The van der Waals surface area contributed by atoms with Gasteiger partial charge in [0.05, 0.1) is 0 Å². The van der Waals surface area contributed by atoms with Gasteiger partial charge in [0, 0.05) is 12.5 Å². The topological polar surface area (TPSA) is 72.9 Å². The first-order chi connectivity index (χ1) is 13.0. The van der Waals surface area contributed by atoms with E-state index in [9.17, 15) is 14.4 Å². The summed E-state index contributed by atoms with van der Waals surface area (Å²) >= 11 is 0. The van der Waals surface area contributed by atoms with Gasteiger partial charge >= 0.3 is 5.97 Å². The van der Waals surface area contributed by atoms with Crippen LogP contribution in [0.3, 0.4) is 0 Å². The number of hydrogen-bond donors (Lipinski definition) is 0. The van der Waals surface area contributed by atoms with Gasteiger partial charge in [0.15, 0.2) is 25.9 Å². The minimum atomic E-state index is -2.31. The third-order valence-electron chi connectivity index (χ3n) is 7.87. The van der Waals surface area contributed by atoms with Crippen LogP contribution in [-0.2, 0) is 23.5 Å². The van der Waals surface area contributed by atoms with E-state index in [1.54, 1.807) is 4.90 Å². The van der Waals surface area contributed by atoms with E-state index in [0.717, 1.165) is 32.1 Å². The zero-order valence-electron chi connectivity index (χ0n) is 17.7. The Kier molecular flexibility index (Phi) is 4.58. The predicted octanol–water partition coefficient (Wildman–Crippen LogP) is 3.26. The molecule has 0 bridgehead atoms. The first kappa shape index (κ1) is 20.1. The summed E-state index contributed by atoms with van der Waals surface area (Å²) in [6.45, 7) is 11.1. The van der Waals surface area contributed by atoms with Gasteiger partial charge < -0.3 is 14.1 Å². The molecule has 4 rings (SSSR count). The second kappa shape index (κ2) is 6.39. The van der Waals surface area contributed by atoms with Crippen molar-refractivity contribution >= 4 is 26.0 Å². The van der Waals surface area contributed by atoms with Gasteiger partial charge in [0.25, 0.3) is 0 Å². The van der Waals surface area contributed by atoms with E-state index >= 15 is 0 Å². The molecule has 1 saturated carbocycles. The Morgan fingerprint density at radius 2 is 1.79 bits per heavy atom. The van der Waals surface area contributed by atoms with Crippen molar-refractivity contribution in [3.05, 3.63) is 0 Å². The zero-order valence-corrected chi connectivity index (χ0v) is 18.7. The van der Waals surface area contributed by atoms with E-state index in [1.807, 2.05) is 0 Å². The maximum atomic E-state index is 13.4. The minimum absolute atomic E-state index is 0.0317. The summed E-state index contributed by atoms with van der Waals surface area (Å²) in [4.78, 5) is 41.1. The Labute approximate surface area is 168 Å². The quantitative estimate of drug-likeness (QED) is 0.406. The van der Waals surface area contributed by atoms with Gasteiger partial charge in [-0.2, -0.15) is 0 Å².